The van der Waals surface area contributed by atoms with E-state index in [0.717, 1.165) is 11.8 Å². The first-order valence-electron chi connectivity index (χ1n) is 6.69. The first kappa shape index (κ1) is 11.4. The second-order valence-corrected chi connectivity index (χ2v) is 6.48. The number of hydrogen-bond acceptors (Lipinski definition) is 1. The van der Waals surface area contributed by atoms with Crippen LogP contribution >= 0.6 is 0 Å². The minimum Gasteiger partial charge on any atom is -0.374 e. The highest BCUT2D eigenvalue weighted by molar-refractivity contribution is 4.96. The lowest BCUT2D eigenvalue weighted by Gasteiger charge is -2.32. The first-order chi connectivity index (χ1) is 7.04. The van der Waals surface area contributed by atoms with Crippen molar-refractivity contribution in [3.63, 3.8) is 0 Å². The molecule has 1 saturated carbocycles. The largest absolute Gasteiger partial charge is 0.374 e. The maximum Gasteiger partial charge on any atom is 0.0658 e. The topological polar surface area (TPSA) is 9.23 Å². The molecule has 88 valence electrons. The summed E-state index contributed by atoms with van der Waals surface area (Å²) in [5, 5.41) is 0. The molecule has 0 aromatic heterocycles. The lowest BCUT2D eigenvalue weighted by molar-refractivity contribution is -0.0378. The van der Waals surface area contributed by atoms with Crippen LogP contribution in [0.2, 0.25) is 0 Å². The predicted molar refractivity (Wildman–Crippen MR) is 63.9 cm³/mol. The van der Waals surface area contributed by atoms with Crippen LogP contribution in [0.4, 0.5) is 0 Å². The molecule has 1 heteroatoms. The quantitative estimate of drug-likeness (QED) is 0.635. The van der Waals surface area contributed by atoms with Gasteiger partial charge in [-0.1, -0.05) is 47.0 Å². The van der Waals surface area contributed by atoms with E-state index in [1.54, 1.807) is 0 Å². The zero-order valence-corrected chi connectivity index (χ0v) is 10.8. The van der Waals surface area contributed by atoms with E-state index < -0.39 is 0 Å². The number of hydrogen-bond donors (Lipinski definition) is 0. The molecule has 4 unspecified atom stereocenters. The summed E-state index contributed by atoms with van der Waals surface area (Å²) in [5.74, 6) is 1.68. The van der Waals surface area contributed by atoms with Crippen molar-refractivity contribution in [3.05, 3.63) is 0 Å². The summed E-state index contributed by atoms with van der Waals surface area (Å²) in [6.45, 7) is 9.33. The summed E-state index contributed by atoms with van der Waals surface area (Å²) in [7, 11) is 0. The van der Waals surface area contributed by atoms with Crippen LogP contribution in [0.15, 0.2) is 0 Å². The first-order valence-corrected chi connectivity index (χ1v) is 6.69. The van der Waals surface area contributed by atoms with Crippen LogP contribution in [0, 0.1) is 17.3 Å². The van der Waals surface area contributed by atoms with Crippen molar-refractivity contribution in [3.8, 4) is 0 Å². The molecule has 0 radical (unpaired) electrons. The summed E-state index contributed by atoms with van der Waals surface area (Å²) < 4.78 is 6.33. The van der Waals surface area contributed by atoms with Gasteiger partial charge in [0, 0.05) is 0 Å². The summed E-state index contributed by atoms with van der Waals surface area (Å²) >= 11 is 0. The van der Waals surface area contributed by atoms with Gasteiger partial charge in [0.1, 0.15) is 0 Å². The van der Waals surface area contributed by atoms with E-state index in [4.69, 9.17) is 4.74 Å². The van der Waals surface area contributed by atoms with Crippen LogP contribution in [0.5, 0.6) is 0 Å². The molecule has 1 heterocycles. The smallest absolute Gasteiger partial charge is 0.0658 e. The molecule has 4 atom stereocenters. The molecule has 2 aliphatic rings. The second-order valence-electron chi connectivity index (χ2n) is 6.48. The van der Waals surface area contributed by atoms with Crippen LogP contribution < -0.4 is 0 Å². The molecule has 0 N–H and O–H groups in total. The Labute approximate surface area is 94.6 Å². The van der Waals surface area contributed by atoms with E-state index in [0.29, 0.717) is 17.6 Å². The highest BCUT2D eigenvalue weighted by Crippen LogP contribution is 2.48. The Morgan fingerprint density at radius 1 is 1.13 bits per heavy atom. The zero-order chi connectivity index (χ0) is 11.1. The Balaban J connectivity index is 2.14. The van der Waals surface area contributed by atoms with E-state index in [1.165, 1.54) is 32.1 Å². The summed E-state index contributed by atoms with van der Waals surface area (Å²) in [4.78, 5) is 0. The van der Waals surface area contributed by atoms with Crippen LogP contribution in [-0.4, -0.2) is 12.2 Å². The van der Waals surface area contributed by atoms with Gasteiger partial charge in [0.25, 0.3) is 0 Å². The lowest BCUT2D eigenvalue weighted by atomic mass is 9.72. The average Bonchev–Trinajstić information content (AvgIpc) is 2.55. The Morgan fingerprint density at radius 3 is 2.40 bits per heavy atom. The number of ether oxygens (including phenoxy) is 1. The maximum atomic E-state index is 6.33. The molecule has 1 aliphatic heterocycles. The maximum absolute atomic E-state index is 6.33. The van der Waals surface area contributed by atoms with E-state index in [1.807, 2.05) is 0 Å². The Morgan fingerprint density at radius 2 is 1.80 bits per heavy atom. The summed E-state index contributed by atoms with van der Waals surface area (Å²) in [6, 6.07) is 0. The Bertz CT molecular complexity index is 216. The van der Waals surface area contributed by atoms with E-state index in [2.05, 4.69) is 27.7 Å². The van der Waals surface area contributed by atoms with Crippen molar-refractivity contribution in [1.82, 2.24) is 0 Å². The summed E-state index contributed by atoms with van der Waals surface area (Å²) in [5.41, 5.74) is 0.317. The molecule has 2 fully saturated rings. The number of rotatable bonds is 1. The van der Waals surface area contributed by atoms with Crippen molar-refractivity contribution in [2.45, 2.75) is 72.0 Å². The molecule has 1 saturated heterocycles. The fourth-order valence-corrected chi connectivity index (χ4v) is 3.66. The molecular formula is C14H26O. The average molecular weight is 210 g/mol. The van der Waals surface area contributed by atoms with Gasteiger partial charge in [-0.2, -0.15) is 0 Å². The highest BCUT2D eigenvalue weighted by Gasteiger charge is 2.47. The monoisotopic (exact) mass is 210 g/mol. The normalized spacial score (nSPS) is 41.6. The van der Waals surface area contributed by atoms with E-state index >= 15 is 0 Å². The minimum absolute atomic E-state index is 0.317. The van der Waals surface area contributed by atoms with Gasteiger partial charge in [-0.25, -0.2) is 0 Å². The van der Waals surface area contributed by atoms with Gasteiger partial charge in [0.05, 0.1) is 12.2 Å². The molecule has 0 amide bonds. The van der Waals surface area contributed by atoms with E-state index in [-0.39, 0.29) is 0 Å². The number of fused-ring (bicyclic) bond motifs is 1. The predicted octanol–water partition coefficient (Wildman–Crippen LogP) is 4.02. The van der Waals surface area contributed by atoms with Gasteiger partial charge < -0.3 is 4.74 Å². The van der Waals surface area contributed by atoms with Crippen LogP contribution in [0.3, 0.4) is 0 Å². The Hall–Kier alpha value is -0.0400. The molecule has 2 rings (SSSR count). The van der Waals surface area contributed by atoms with Crippen molar-refractivity contribution < 1.29 is 4.74 Å². The van der Waals surface area contributed by atoms with Crippen molar-refractivity contribution in [2.75, 3.05) is 0 Å². The van der Waals surface area contributed by atoms with Gasteiger partial charge in [-0.15, -0.1) is 0 Å². The standard InChI is InChI=1S/C14H26O/c1-5-10-11-8-6-7-9-12(11)15-13(10)14(2,3)4/h10-13H,5-9H2,1-4H3. The van der Waals surface area contributed by atoms with Crippen molar-refractivity contribution >= 4 is 0 Å². The van der Waals surface area contributed by atoms with E-state index in [9.17, 15) is 0 Å². The molecule has 0 aromatic carbocycles. The van der Waals surface area contributed by atoms with Crippen LogP contribution in [0.25, 0.3) is 0 Å². The van der Waals surface area contributed by atoms with Crippen molar-refractivity contribution in [2.24, 2.45) is 17.3 Å². The second kappa shape index (κ2) is 4.08. The van der Waals surface area contributed by atoms with Gasteiger partial charge in [-0.05, 0) is 30.1 Å². The third-order valence-corrected chi connectivity index (χ3v) is 4.34. The van der Waals surface area contributed by atoms with Gasteiger partial charge in [0.15, 0.2) is 0 Å². The highest BCUT2D eigenvalue weighted by atomic mass is 16.5. The molecule has 1 nitrogen and oxygen atoms in total. The van der Waals surface area contributed by atoms with Crippen molar-refractivity contribution in [1.29, 1.82) is 0 Å². The molecule has 0 bridgehead atoms. The zero-order valence-electron chi connectivity index (χ0n) is 10.8. The molecule has 15 heavy (non-hydrogen) atoms. The van der Waals surface area contributed by atoms with Crippen LogP contribution in [-0.2, 0) is 4.74 Å². The van der Waals surface area contributed by atoms with Crippen LogP contribution in [0.1, 0.15) is 59.8 Å². The molecule has 1 aliphatic carbocycles. The van der Waals surface area contributed by atoms with Gasteiger partial charge >= 0.3 is 0 Å². The van der Waals surface area contributed by atoms with Gasteiger partial charge in [-0.3, -0.25) is 0 Å². The Kier molecular flexibility index (Phi) is 3.12. The minimum atomic E-state index is 0.317. The fraction of sp³-hybridized carbons (Fsp3) is 1.00. The molecule has 0 spiro atoms. The third kappa shape index (κ3) is 2.08. The molecular weight excluding hydrogens is 184 g/mol. The lowest BCUT2D eigenvalue weighted by Crippen LogP contribution is -2.32. The van der Waals surface area contributed by atoms with Gasteiger partial charge in [0.2, 0.25) is 0 Å². The summed E-state index contributed by atoms with van der Waals surface area (Å²) in [6.07, 6.45) is 7.92. The SMILES string of the molecule is CCC1C2CCCCC2OC1C(C)(C)C. The molecule has 0 aromatic rings. The third-order valence-electron chi connectivity index (χ3n) is 4.34. The fourth-order valence-electron chi connectivity index (χ4n) is 3.66.